The number of carbonyl (C=O) groups excluding carboxylic acids is 1. The maximum atomic E-state index is 12.6. The molecule has 1 spiro atoms. The van der Waals surface area contributed by atoms with Gasteiger partial charge in [0.15, 0.2) is 0 Å². The highest BCUT2D eigenvalue weighted by molar-refractivity contribution is 5.87. The van der Waals surface area contributed by atoms with E-state index in [-0.39, 0.29) is 17.4 Å². The molecule has 2 heterocycles. The Hall–Kier alpha value is -1.88. The summed E-state index contributed by atoms with van der Waals surface area (Å²) < 4.78 is 5.93. The van der Waals surface area contributed by atoms with Crippen LogP contribution in [0.1, 0.15) is 44.6 Å². The van der Waals surface area contributed by atoms with Crippen molar-refractivity contribution in [1.29, 1.82) is 0 Å². The number of hydrogen-bond donors (Lipinski definition) is 2. The minimum absolute atomic E-state index is 0.103. The fourth-order valence-electron chi connectivity index (χ4n) is 4.67. The average molecular weight is 327 g/mol. The van der Waals surface area contributed by atoms with Gasteiger partial charge in [-0.05, 0) is 43.9 Å². The van der Waals surface area contributed by atoms with E-state index in [0.29, 0.717) is 12.5 Å². The highest BCUT2D eigenvalue weighted by atomic mass is 16.5. The van der Waals surface area contributed by atoms with Crippen LogP contribution in [-0.2, 0) is 16.0 Å². The Morgan fingerprint density at radius 2 is 2.29 bits per heavy atom. The molecule has 2 N–H and O–H groups in total. The number of pyridine rings is 1. The molecule has 128 valence electrons. The molecule has 2 fully saturated rings. The van der Waals surface area contributed by atoms with Crippen LogP contribution in [0.2, 0.25) is 0 Å². The van der Waals surface area contributed by atoms with Gasteiger partial charge in [0.25, 0.3) is 0 Å². The number of ether oxygens (including phenoxy) is 1. The fourth-order valence-corrected chi connectivity index (χ4v) is 4.67. The lowest BCUT2D eigenvalue weighted by molar-refractivity contribution is -0.143. The first-order chi connectivity index (χ1) is 11.7. The number of carbonyl (C=O) groups is 1. The molecule has 1 amide bonds. The molecule has 2 aliphatic carbocycles. The van der Waals surface area contributed by atoms with Gasteiger partial charge < -0.3 is 15.0 Å². The predicted octanol–water partition coefficient (Wildman–Crippen LogP) is 2.96. The van der Waals surface area contributed by atoms with Gasteiger partial charge in [-0.15, -0.1) is 0 Å². The lowest BCUT2D eigenvalue weighted by atomic mass is 9.60. The van der Waals surface area contributed by atoms with E-state index in [2.05, 4.69) is 22.2 Å². The Kier molecular flexibility index (Phi) is 4.04. The molecule has 0 unspecified atom stereocenters. The molecule has 5 nitrogen and oxygen atoms in total. The first-order valence-corrected chi connectivity index (χ1v) is 9.05. The second-order valence-electron chi connectivity index (χ2n) is 7.13. The molecule has 24 heavy (non-hydrogen) atoms. The van der Waals surface area contributed by atoms with Gasteiger partial charge in [-0.2, -0.15) is 0 Å². The Balaban J connectivity index is 1.43. The zero-order valence-electron chi connectivity index (χ0n) is 14.2. The van der Waals surface area contributed by atoms with E-state index in [1.807, 2.05) is 18.3 Å². The van der Waals surface area contributed by atoms with E-state index in [1.165, 1.54) is 25.7 Å². The maximum Gasteiger partial charge on any atom is 0.224 e. The van der Waals surface area contributed by atoms with Crippen molar-refractivity contribution in [2.45, 2.75) is 57.6 Å². The van der Waals surface area contributed by atoms with Crippen LogP contribution in [0, 0.1) is 5.41 Å². The number of aromatic nitrogens is 2. The van der Waals surface area contributed by atoms with E-state index >= 15 is 0 Å². The van der Waals surface area contributed by atoms with Gasteiger partial charge in [-0.25, -0.2) is 4.98 Å². The van der Waals surface area contributed by atoms with Crippen LogP contribution in [0.5, 0.6) is 0 Å². The van der Waals surface area contributed by atoms with Gasteiger partial charge in [-0.1, -0.05) is 12.8 Å². The van der Waals surface area contributed by atoms with Gasteiger partial charge in [0.05, 0.1) is 12.5 Å². The zero-order valence-corrected chi connectivity index (χ0v) is 14.2. The van der Waals surface area contributed by atoms with Crippen molar-refractivity contribution in [3.05, 3.63) is 30.1 Å². The maximum absolute atomic E-state index is 12.6. The number of fused-ring (bicyclic) bond motifs is 1. The lowest BCUT2D eigenvalue weighted by Crippen LogP contribution is -2.63. The molecule has 5 heteroatoms. The number of hydrogen-bond acceptors (Lipinski definition) is 3. The zero-order chi connectivity index (χ0) is 16.6. The summed E-state index contributed by atoms with van der Waals surface area (Å²) in [5.74, 6) is 0.103. The second-order valence-corrected chi connectivity index (χ2v) is 7.13. The van der Waals surface area contributed by atoms with E-state index < -0.39 is 0 Å². The highest BCUT2D eigenvalue weighted by Crippen LogP contribution is 2.54. The van der Waals surface area contributed by atoms with E-state index in [9.17, 15) is 4.79 Å². The van der Waals surface area contributed by atoms with Gasteiger partial charge in [-0.3, -0.25) is 4.79 Å². The summed E-state index contributed by atoms with van der Waals surface area (Å²) in [6, 6.07) is 4.19. The average Bonchev–Trinajstić information content (AvgIpc) is 3.23. The first kappa shape index (κ1) is 15.6. The largest absolute Gasteiger partial charge is 0.378 e. The Morgan fingerprint density at radius 1 is 1.46 bits per heavy atom. The number of amides is 1. The molecule has 2 aromatic heterocycles. The fraction of sp³-hybridized carbons (Fsp3) is 0.579. The molecule has 2 aliphatic rings. The second kappa shape index (κ2) is 6.20. The molecule has 0 radical (unpaired) electrons. The normalized spacial score (nSPS) is 25.0. The van der Waals surface area contributed by atoms with Crippen LogP contribution >= 0.6 is 0 Å². The Morgan fingerprint density at radius 3 is 3.08 bits per heavy atom. The SMILES string of the molecule is CCO[C@@H]1C[C@H](NC(=O)Cc2c[nH]c3ncccc23)C12CCCC2. The van der Waals surface area contributed by atoms with Crippen LogP contribution in [0.15, 0.2) is 24.5 Å². The summed E-state index contributed by atoms with van der Waals surface area (Å²) in [5.41, 5.74) is 2.04. The van der Waals surface area contributed by atoms with Crippen molar-refractivity contribution < 1.29 is 9.53 Å². The number of H-pyrrole nitrogens is 1. The van der Waals surface area contributed by atoms with Crippen LogP contribution in [0.4, 0.5) is 0 Å². The molecule has 2 aromatic rings. The topological polar surface area (TPSA) is 67.0 Å². The molecular weight excluding hydrogens is 302 g/mol. The van der Waals surface area contributed by atoms with Crippen molar-refractivity contribution in [3.8, 4) is 0 Å². The quantitative estimate of drug-likeness (QED) is 0.887. The van der Waals surface area contributed by atoms with Crippen molar-refractivity contribution in [1.82, 2.24) is 15.3 Å². The highest BCUT2D eigenvalue weighted by Gasteiger charge is 2.57. The third kappa shape index (κ3) is 2.51. The van der Waals surface area contributed by atoms with Gasteiger partial charge in [0, 0.05) is 35.8 Å². The van der Waals surface area contributed by atoms with E-state index in [1.54, 1.807) is 6.20 Å². The number of aromatic amines is 1. The summed E-state index contributed by atoms with van der Waals surface area (Å²) >= 11 is 0. The molecular formula is C19H25N3O2. The third-order valence-corrected chi connectivity index (χ3v) is 5.91. The van der Waals surface area contributed by atoms with Gasteiger partial charge >= 0.3 is 0 Å². The minimum Gasteiger partial charge on any atom is -0.378 e. The standard InChI is InChI=1S/C19H25N3O2/c1-2-24-16-11-15(19(16)7-3-4-8-19)22-17(23)10-13-12-21-18-14(13)6-5-9-20-18/h5-6,9,12,15-16H,2-4,7-8,10-11H2,1H3,(H,20,21)(H,22,23)/t15-,16+/m0/s1. The molecule has 0 aliphatic heterocycles. The molecule has 2 saturated carbocycles. The monoisotopic (exact) mass is 327 g/mol. The Labute approximate surface area is 142 Å². The van der Waals surface area contributed by atoms with E-state index in [4.69, 9.17) is 4.74 Å². The summed E-state index contributed by atoms with van der Waals surface area (Å²) in [4.78, 5) is 20.0. The summed E-state index contributed by atoms with van der Waals surface area (Å²) in [7, 11) is 0. The molecule has 2 atom stereocenters. The summed E-state index contributed by atoms with van der Waals surface area (Å²) in [6.45, 7) is 2.81. The first-order valence-electron chi connectivity index (χ1n) is 9.05. The van der Waals surface area contributed by atoms with E-state index in [0.717, 1.165) is 29.6 Å². The minimum atomic E-state index is 0.103. The Bertz CT molecular complexity index is 733. The number of nitrogens with zero attached hydrogens (tertiary/aromatic N) is 1. The van der Waals surface area contributed by atoms with Crippen LogP contribution in [0.3, 0.4) is 0 Å². The van der Waals surface area contributed by atoms with Crippen molar-refractivity contribution in [3.63, 3.8) is 0 Å². The van der Waals surface area contributed by atoms with Crippen molar-refractivity contribution in [2.75, 3.05) is 6.61 Å². The third-order valence-electron chi connectivity index (χ3n) is 5.91. The summed E-state index contributed by atoms with van der Waals surface area (Å²) in [6.07, 6.45) is 10.2. The van der Waals surface area contributed by atoms with Crippen molar-refractivity contribution in [2.24, 2.45) is 5.41 Å². The number of rotatable bonds is 5. The lowest BCUT2D eigenvalue weighted by Gasteiger charge is -2.54. The van der Waals surface area contributed by atoms with Crippen LogP contribution in [-0.4, -0.2) is 34.6 Å². The molecule has 4 rings (SSSR count). The van der Waals surface area contributed by atoms with Crippen LogP contribution in [0.25, 0.3) is 11.0 Å². The molecule has 0 saturated heterocycles. The smallest absolute Gasteiger partial charge is 0.224 e. The van der Waals surface area contributed by atoms with Gasteiger partial charge in [0.1, 0.15) is 5.65 Å². The molecule has 0 aromatic carbocycles. The van der Waals surface area contributed by atoms with Gasteiger partial charge in [0.2, 0.25) is 5.91 Å². The van der Waals surface area contributed by atoms with Crippen LogP contribution < -0.4 is 5.32 Å². The number of nitrogens with one attached hydrogen (secondary N) is 2. The van der Waals surface area contributed by atoms with Crippen molar-refractivity contribution >= 4 is 16.9 Å². The predicted molar refractivity (Wildman–Crippen MR) is 92.7 cm³/mol. The molecule has 0 bridgehead atoms. The summed E-state index contributed by atoms with van der Waals surface area (Å²) in [5, 5.41) is 4.32.